The van der Waals surface area contributed by atoms with E-state index < -0.39 is 10.7 Å². The van der Waals surface area contributed by atoms with Gasteiger partial charge in [-0.3, -0.25) is 14.9 Å². The molecule has 0 fully saturated rings. The predicted octanol–water partition coefficient (Wildman–Crippen LogP) is 5.58. The molecule has 0 spiro atoms. The number of nitro benzene ring substituents is 1. The second kappa shape index (κ2) is 7.96. The molecule has 0 unspecified atom stereocenters. The summed E-state index contributed by atoms with van der Waals surface area (Å²) >= 11 is 6.01. The number of rotatable bonds is 5. The number of ether oxygens (including phenoxy) is 2. The Morgan fingerprint density at radius 3 is 2.60 bits per heavy atom. The number of ketones is 1. The number of nitro groups is 1. The van der Waals surface area contributed by atoms with Crippen LogP contribution in [0.15, 0.2) is 66.4 Å². The highest BCUT2D eigenvalue weighted by atomic mass is 35.5. The molecule has 1 heterocycles. The number of allylic oxidation sites excluding steroid dienone is 1. The number of non-ortho nitro benzene ring substituents is 1. The first-order chi connectivity index (χ1) is 14.4. The number of nitrogens with zero attached hydrogens (tertiary/aromatic N) is 1. The summed E-state index contributed by atoms with van der Waals surface area (Å²) in [6.07, 6.45) is 1.28. The largest absolute Gasteiger partial charge is 0.489 e. The molecule has 0 bridgehead atoms. The van der Waals surface area contributed by atoms with Gasteiger partial charge >= 0.3 is 0 Å². The van der Waals surface area contributed by atoms with E-state index in [2.05, 4.69) is 0 Å². The molecule has 30 heavy (non-hydrogen) atoms. The summed E-state index contributed by atoms with van der Waals surface area (Å²) in [4.78, 5) is 22.8. The van der Waals surface area contributed by atoms with Crippen LogP contribution in [-0.2, 0) is 6.61 Å². The Bertz CT molecular complexity index is 1170. The van der Waals surface area contributed by atoms with Gasteiger partial charge in [0.05, 0.1) is 15.5 Å². The van der Waals surface area contributed by atoms with Crippen LogP contribution in [0.25, 0.3) is 6.08 Å². The predicted molar refractivity (Wildman–Crippen MR) is 108 cm³/mol. The maximum absolute atomic E-state index is 14.0. The lowest BCUT2D eigenvalue weighted by Gasteiger charge is -2.07. The first kappa shape index (κ1) is 19.6. The highest BCUT2D eigenvalue weighted by Crippen LogP contribution is 2.36. The average molecular weight is 426 g/mol. The van der Waals surface area contributed by atoms with Gasteiger partial charge in [0.25, 0.3) is 5.69 Å². The Labute approximate surface area is 175 Å². The molecule has 0 aromatic heterocycles. The van der Waals surface area contributed by atoms with Gasteiger partial charge in [-0.05, 0) is 48.0 Å². The highest BCUT2D eigenvalue weighted by molar-refractivity contribution is 6.32. The number of carbonyl (C=O) groups is 1. The van der Waals surface area contributed by atoms with Crippen LogP contribution in [0.2, 0.25) is 5.02 Å². The van der Waals surface area contributed by atoms with Gasteiger partial charge in [-0.15, -0.1) is 0 Å². The smallest absolute Gasteiger partial charge is 0.269 e. The van der Waals surface area contributed by atoms with Gasteiger partial charge in [0.1, 0.15) is 23.9 Å². The molecular formula is C22H13ClFNO5. The van der Waals surface area contributed by atoms with Crippen LogP contribution in [0, 0.1) is 15.9 Å². The van der Waals surface area contributed by atoms with Crippen molar-refractivity contribution in [2.24, 2.45) is 0 Å². The van der Waals surface area contributed by atoms with E-state index in [1.807, 2.05) is 0 Å². The lowest BCUT2D eigenvalue weighted by atomic mass is 10.1. The van der Waals surface area contributed by atoms with Gasteiger partial charge < -0.3 is 9.47 Å². The van der Waals surface area contributed by atoms with Crippen LogP contribution in [0.5, 0.6) is 11.5 Å². The zero-order chi connectivity index (χ0) is 21.3. The maximum Gasteiger partial charge on any atom is 0.269 e. The summed E-state index contributed by atoms with van der Waals surface area (Å²) in [6.45, 7) is 0.179. The van der Waals surface area contributed by atoms with E-state index in [1.165, 1.54) is 36.4 Å². The Hall–Kier alpha value is -3.71. The molecule has 150 valence electrons. The molecule has 6 nitrogen and oxygen atoms in total. The molecule has 3 aromatic rings. The van der Waals surface area contributed by atoms with Crippen molar-refractivity contribution in [3.8, 4) is 11.5 Å². The van der Waals surface area contributed by atoms with Crippen molar-refractivity contribution >= 4 is 29.1 Å². The van der Waals surface area contributed by atoms with E-state index in [4.69, 9.17) is 21.1 Å². The molecule has 0 saturated heterocycles. The van der Waals surface area contributed by atoms with Crippen LogP contribution in [0.1, 0.15) is 21.5 Å². The van der Waals surface area contributed by atoms with E-state index in [0.717, 1.165) is 5.56 Å². The standard InChI is InChI=1S/C22H13ClFNO5/c23-18-2-1-3-19(24)17(18)11-21-22(26)16-9-8-15(10-20(16)30-21)29-12-13-4-6-14(7-5-13)25(27)28/h1-11H,12H2. The topological polar surface area (TPSA) is 78.7 Å². The number of benzene rings is 3. The van der Waals surface area contributed by atoms with E-state index in [1.54, 1.807) is 30.3 Å². The first-order valence-corrected chi connectivity index (χ1v) is 9.18. The Balaban J connectivity index is 1.51. The van der Waals surface area contributed by atoms with Gasteiger partial charge in [-0.1, -0.05) is 17.7 Å². The van der Waals surface area contributed by atoms with Crippen molar-refractivity contribution in [2.75, 3.05) is 0 Å². The summed E-state index contributed by atoms with van der Waals surface area (Å²) in [6, 6.07) is 15.0. The molecule has 0 N–H and O–H groups in total. The zero-order valence-corrected chi connectivity index (χ0v) is 16.1. The van der Waals surface area contributed by atoms with Crippen molar-refractivity contribution in [3.63, 3.8) is 0 Å². The molecule has 0 saturated carbocycles. The number of hydrogen-bond acceptors (Lipinski definition) is 5. The maximum atomic E-state index is 14.0. The summed E-state index contributed by atoms with van der Waals surface area (Å²) in [5, 5.41) is 10.9. The minimum atomic E-state index is -0.561. The number of halogens is 2. The Morgan fingerprint density at radius 2 is 1.90 bits per heavy atom. The van der Waals surface area contributed by atoms with Crippen LogP contribution in [-0.4, -0.2) is 10.7 Å². The van der Waals surface area contributed by atoms with Gasteiger partial charge in [-0.2, -0.15) is 0 Å². The van der Waals surface area contributed by atoms with Gasteiger partial charge in [0, 0.05) is 23.8 Å². The SMILES string of the molecule is O=C1C(=Cc2c(F)cccc2Cl)Oc2cc(OCc3ccc([N+](=O)[O-])cc3)ccc21. The molecular weight excluding hydrogens is 413 g/mol. The quantitative estimate of drug-likeness (QED) is 0.303. The van der Waals surface area contributed by atoms with Crippen molar-refractivity contribution in [1.29, 1.82) is 0 Å². The summed E-state index contributed by atoms with van der Waals surface area (Å²) in [7, 11) is 0. The third kappa shape index (κ3) is 3.88. The second-order valence-electron chi connectivity index (χ2n) is 6.45. The fraction of sp³-hybridized carbons (Fsp3) is 0.0455. The van der Waals surface area contributed by atoms with Gasteiger partial charge in [0.15, 0.2) is 5.76 Å². The molecule has 3 aromatic carbocycles. The normalized spacial score (nSPS) is 13.8. The van der Waals surface area contributed by atoms with Crippen LogP contribution >= 0.6 is 11.6 Å². The fourth-order valence-electron chi connectivity index (χ4n) is 2.92. The van der Waals surface area contributed by atoms with Crippen molar-refractivity contribution in [3.05, 3.63) is 104 Å². The molecule has 8 heteroatoms. The number of Topliss-reactive ketones (excluding diaryl/α,β-unsaturated/α-hetero) is 1. The van der Waals surface area contributed by atoms with Gasteiger partial charge in [0.2, 0.25) is 5.78 Å². The third-order valence-electron chi connectivity index (χ3n) is 4.47. The molecule has 0 aliphatic carbocycles. The number of fused-ring (bicyclic) bond motifs is 1. The first-order valence-electron chi connectivity index (χ1n) is 8.81. The average Bonchev–Trinajstić information content (AvgIpc) is 3.04. The van der Waals surface area contributed by atoms with E-state index in [0.29, 0.717) is 17.1 Å². The molecule has 4 rings (SSSR count). The summed E-state index contributed by atoms with van der Waals surface area (Å²) in [5.41, 5.74) is 1.15. The van der Waals surface area contributed by atoms with Crippen LogP contribution in [0.4, 0.5) is 10.1 Å². The van der Waals surface area contributed by atoms with Gasteiger partial charge in [-0.25, -0.2) is 4.39 Å². The van der Waals surface area contributed by atoms with Crippen molar-refractivity contribution < 1.29 is 23.6 Å². The van der Waals surface area contributed by atoms with E-state index in [-0.39, 0.29) is 34.4 Å². The second-order valence-corrected chi connectivity index (χ2v) is 6.85. The Morgan fingerprint density at radius 1 is 1.13 bits per heavy atom. The minimum Gasteiger partial charge on any atom is -0.489 e. The summed E-state index contributed by atoms with van der Waals surface area (Å²) < 4.78 is 25.3. The minimum absolute atomic E-state index is 0.00235. The number of carbonyl (C=O) groups excluding carboxylic acids is 1. The van der Waals surface area contributed by atoms with Crippen LogP contribution in [0.3, 0.4) is 0 Å². The molecule has 0 amide bonds. The molecule has 1 aliphatic heterocycles. The zero-order valence-electron chi connectivity index (χ0n) is 15.3. The lowest BCUT2D eigenvalue weighted by Crippen LogP contribution is -1.99. The monoisotopic (exact) mass is 425 g/mol. The Kier molecular flexibility index (Phi) is 5.20. The van der Waals surface area contributed by atoms with E-state index >= 15 is 0 Å². The fourth-order valence-corrected chi connectivity index (χ4v) is 3.13. The molecule has 0 radical (unpaired) electrons. The number of hydrogen-bond donors (Lipinski definition) is 0. The third-order valence-corrected chi connectivity index (χ3v) is 4.80. The van der Waals surface area contributed by atoms with Crippen LogP contribution < -0.4 is 9.47 Å². The molecule has 1 aliphatic rings. The van der Waals surface area contributed by atoms with Crippen molar-refractivity contribution in [2.45, 2.75) is 6.61 Å². The van der Waals surface area contributed by atoms with E-state index in [9.17, 15) is 19.3 Å². The highest BCUT2D eigenvalue weighted by Gasteiger charge is 2.28. The summed E-state index contributed by atoms with van der Waals surface area (Å²) in [5.74, 6) is -0.241. The lowest BCUT2D eigenvalue weighted by molar-refractivity contribution is -0.384. The van der Waals surface area contributed by atoms with Crippen molar-refractivity contribution in [1.82, 2.24) is 0 Å². The molecule has 0 atom stereocenters.